The first kappa shape index (κ1) is 23.9. The molecule has 0 N–H and O–H groups in total. The van der Waals surface area contributed by atoms with Gasteiger partial charge in [-0.25, -0.2) is 0 Å². The van der Waals surface area contributed by atoms with E-state index in [0.717, 1.165) is 0 Å². The minimum absolute atomic E-state index is 0.168. The first-order chi connectivity index (χ1) is 21.8. The van der Waals surface area contributed by atoms with Crippen LogP contribution in [0.1, 0.15) is 0 Å². The van der Waals surface area contributed by atoms with Crippen molar-refractivity contribution in [1.82, 2.24) is 4.48 Å². The SMILES string of the molecule is c1ccc(-c2cc(-c3ccccc3)cc(-c3cc4c5c(c3)c3cccc6c3n5B(c3ccccc3-6)c3ccccc3-4)c2)cc1. The number of aromatic nitrogens is 1. The third-order valence-corrected chi connectivity index (χ3v) is 9.75. The Kier molecular flexibility index (Phi) is 4.87. The highest BCUT2D eigenvalue weighted by atomic mass is 14.9. The van der Waals surface area contributed by atoms with Crippen LogP contribution < -0.4 is 10.9 Å². The van der Waals surface area contributed by atoms with Gasteiger partial charge in [-0.05, 0) is 85.8 Å². The fourth-order valence-corrected chi connectivity index (χ4v) is 7.87. The van der Waals surface area contributed by atoms with Gasteiger partial charge in [0.2, 0.25) is 0 Å². The molecule has 0 radical (unpaired) electrons. The van der Waals surface area contributed by atoms with Gasteiger partial charge in [0, 0.05) is 32.9 Å². The highest BCUT2D eigenvalue weighted by molar-refractivity contribution is 6.88. The quantitative estimate of drug-likeness (QED) is 0.192. The standard InChI is InChI=1S/C42H26BN/c1-3-12-27(13-4-1)29-22-30(28-14-5-2-6-15-28)24-31(23-29)32-25-37-34-17-8-10-21-40(34)43-39-20-9-7-16-33(39)35-18-11-19-36-38(26-32)42(37)44(43)41(35)36/h1-26H. The lowest BCUT2D eigenvalue weighted by Crippen LogP contribution is -2.53. The van der Waals surface area contributed by atoms with Crippen LogP contribution in [0.25, 0.3) is 77.4 Å². The zero-order valence-corrected chi connectivity index (χ0v) is 24.0. The van der Waals surface area contributed by atoms with E-state index in [0.29, 0.717) is 0 Å². The van der Waals surface area contributed by atoms with E-state index >= 15 is 0 Å². The van der Waals surface area contributed by atoms with Gasteiger partial charge in [0.25, 0.3) is 0 Å². The highest BCUT2D eigenvalue weighted by Crippen LogP contribution is 2.46. The molecule has 0 amide bonds. The van der Waals surface area contributed by atoms with Crippen molar-refractivity contribution in [3.05, 3.63) is 158 Å². The molecule has 202 valence electrons. The summed E-state index contributed by atoms with van der Waals surface area (Å²) in [6.45, 7) is 0.168. The number of para-hydroxylation sites is 1. The summed E-state index contributed by atoms with van der Waals surface area (Å²) in [6, 6.07) is 58.4. The fourth-order valence-electron chi connectivity index (χ4n) is 7.87. The Morgan fingerprint density at radius 3 is 1.43 bits per heavy atom. The van der Waals surface area contributed by atoms with Crippen LogP contribution in [0.3, 0.4) is 0 Å². The summed E-state index contributed by atoms with van der Waals surface area (Å²) in [7, 11) is 0. The van der Waals surface area contributed by atoms with Crippen molar-refractivity contribution in [1.29, 1.82) is 0 Å². The maximum Gasteiger partial charge on any atom is 0.329 e. The summed E-state index contributed by atoms with van der Waals surface area (Å²) in [5, 5.41) is 2.66. The smallest absolute Gasteiger partial charge is 0.329 e. The predicted molar refractivity (Wildman–Crippen MR) is 187 cm³/mol. The second-order valence-electron chi connectivity index (χ2n) is 12.1. The van der Waals surface area contributed by atoms with E-state index in [2.05, 4.69) is 162 Å². The number of fused-ring (bicyclic) bond motifs is 7. The number of hydrogen-bond donors (Lipinski definition) is 0. The van der Waals surface area contributed by atoms with Gasteiger partial charge in [-0.3, -0.25) is 0 Å². The Hall–Kier alpha value is -5.60. The number of hydrogen-bond acceptors (Lipinski definition) is 0. The third-order valence-electron chi connectivity index (χ3n) is 9.75. The Morgan fingerprint density at radius 1 is 0.318 bits per heavy atom. The molecule has 1 nitrogen and oxygen atoms in total. The zero-order valence-electron chi connectivity index (χ0n) is 24.0. The summed E-state index contributed by atoms with van der Waals surface area (Å²) in [6.07, 6.45) is 0. The van der Waals surface area contributed by atoms with E-state index in [-0.39, 0.29) is 6.85 Å². The molecule has 0 aliphatic carbocycles. The van der Waals surface area contributed by atoms with Crippen molar-refractivity contribution >= 4 is 39.6 Å². The Bertz CT molecular complexity index is 2380. The van der Waals surface area contributed by atoms with Crippen molar-refractivity contribution in [2.45, 2.75) is 0 Å². The van der Waals surface area contributed by atoms with E-state index in [1.165, 1.54) is 88.4 Å². The molecule has 0 atom stereocenters. The first-order valence-electron chi connectivity index (χ1n) is 15.4. The second kappa shape index (κ2) is 8.95. The lowest BCUT2D eigenvalue weighted by Gasteiger charge is -2.32. The van der Waals surface area contributed by atoms with Gasteiger partial charge in [-0.2, -0.15) is 0 Å². The monoisotopic (exact) mass is 555 g/mol. The van der Waals surface area contributed by atoms with Gasteiger partial charge in [-0.15, -0.1) is 0 Å². The Morgan fingerprint density at radius 2 is 0.795 bits per heavy atom. The normalized spacial score (nSPS) is 12.5. The van der Waals surface area contributed by atoms with Crippen LogP contribution in [0, 0.1) is 0 Å². The summed E-state index contributed by atoms with van der Waals surface area (Å²) in [4.78, 5) is 0. The molecule has 0 spiro atoms. The van der Waals surface area contributed by atoms with Crippen molar-refractivity contribution < 1.29 is 0 Å². The molecule has 2 aliphatic heterocycles. The maximum atomic E-state index is 2.64. The fraction of sp³-hybridized carbons (Fsp3) is 0. The average Bonchev–Trinajstić information content (AvgIpc) is 3.44. The van der Waals surface area contributed by atoms with Crippen molar-refractivity contribution in [3.8, 4) is 55.6 Å². The minimum Gasteiger partial charge on any atom is -0.375 e. The molecule has 0 bridgehead atoms. The van der Waals surface area contributed by atoms with Crippen LogP contribution in [0.2, 0.25) is 0 Å². The van der Waals surface area contributed by atoms with Gasteiger partial charge in [-0.1, -0.05) is 127 Å². The third kappa shape index (κ3) is 3.25. The molecule has 3 heterocycles. The van der Waals surface area contributed by atoms with Gasteiger partial charge in [0.05, 0.1) is 0 Å². The molecule has 0 saturated heterocycles. The van der Waals surface area contributed by atoms with Crippen molar-refractivity contribution in [3.63, 3.8) is 0 Å². The van der Waals surface area contributed by atoms with Gasteiger partial charge in [0.1, 0.15) is 0 Å². The molecule has 0 fully saturated rings. The molecular weight excluding hydrogens is 529 g/mol. The number of benzene rings is 7. The van der Waals surface area contributed by atoms with Crippen LogP contribution in [0.4, 0.5) is 0 Å². The lowest BCUT2D eigenvalue weighted by molar-refractivity contribution is 1.31. The zero-order chi connectivity index (χ0) is 28.8. The molecule has 44 heavy (non-hydrogen) atoms. The largest absolute Gasteiger partial charge is 0.375 e. The average molecular weight is 555 g/mol. The van der Waals surface area contributed by atoms with Gasteiger partial charge < -0.3 is 4.48 Å². The molecule has 8 aromatic rings. The van der Waals surface area contributed by atoms with E-state index < -0.39 is 0 Å². The number of nitrogens with zero attached hydrogens (tertiary/aromatic N) is 1. The summed E-state index contributed by atoms with van der Waals surface area (Å²) < 4.78 is 2.64. The van der Waals surface area contributed by atoms with Crippen LogP contribution >= 0.6 is 0 Å². The summed E-state index contributed by atoms with van der Waals surface area (Å²) >= 11 is 0. The molecule has 10 rings (SSSR count). The van der Waals surface area contributed by atoms with Crippen molar-refractivity contribution in [2.75, 3.05) is 0 Å². The molecule has 0 saturated carbocycles. The Balaban J connectivity index is 1.32. The minimum atomic E-state index is 0.168. The van der Waals surface area contributed by atoms with Gasteiger partial charge >= 0.3 is 6.85 Å². The maximum absolute atomic E-state index is 2.64. The Labute approximate surface area is 256 Å². The van der Waals surface area contributed by atoms with Gasteiger partial charge in [0.15, 0.2) is 0 Å². The van der Waals surface area contributed by atoms with Crippen molar-refractivity contribution in [2.24, 2.45) is 0 Å². The van der Waals surface area contributed by atoms with Crippen LogP contribution in [0.15, 0.2) is 158 Å². The second-order valence-corrected chi connectivity index (χ2v) is 12.1. The molecule has 2 aliphatic rings. The molecular formula is C42H26BN. The van der Waals surface area contributed by atoms with E-state index in [4.69, 9.17) is 0 Å². The van der Waals surface area contributed by atoms with Crippen LogP contribution in [-0.4, -0.2) is 11.3 Å². The summed E-state index contributed by atoms with van der Waals surface area (Å²) in [5.41, 5.74) is 18.2. The van der Waals surface area contributed by atoms with E-state index in [1.807, 2.05) is 0 Å². The topological polar surface area (TPSA) is 4.93 Å². The summed E-state index contributed by atoms with van der Waals surface area (Å²) in [5.74, 6) is 0. The molecule has 0 unspecified atom stereocenters. The highest BCUT2D eigenvalue weighted by Gasteiger charge is 2.39. The molecule has 2 heteroatoms. The lowest BCUT2D eigenvalue weighted by atomic mass is 9.45. The molecule has 7 aromatic carbocycles. The van der Waals surface area contributed by atoms with Crippen LogP contribution in [-0.2, 0) is 0 Å². The van der Waals surface area contributed by atoms with E-state index in [1.54, 1.807) is 0 Å². The number of rotatable bonds is 3. The first-order valence-corrected chi connectivity index (χ1v) is 15.4. The van der Waals surface area contributed by atoms with E-state index in [9.17, 15) is 0 Å². The molecule has 1 aromatic heterocycles. The predicted octanol–water partition coefficient (Wildman–Crippen LogP) is 9.41. The van der Waals surface area contributed by atoms with Crippen LogP contribution in [0.5, 0.6) is 0 Å².